The van der Waals surface area contributed by atoms with Crippen molar-refractivity contribution in [3.8, 4) is 11.6 Å². The molecule has 0 radical (unpaired) electrons. The lowest BCUT2D eigenvalue weighted by Gasteiger charge is -2.09. The Hall–Kier alpha value is -2.96. The molecule has 0 fully saturated rings. The SMILES string of the molecule is COC(=O)c1ccccc1Oc1ncnc2c1cnn2C. The first-order chi connectivity index (χ1) is 10.2. The van der Waals surface area contributed by atoms with Gasteiger partial charge in [0.15, 0.2) is 5.65 Å². The lowest BCUT2D eigenvalue weighted by Crippen LogP contribution is -2.04. The lowest BCUT2D eigenvalue weighted by molar-refractivity contribution is 0.0598. The average molecular weight is 284 g/mol. The molecule has 7 heteroatoms. The molecule has 0 N–H and O–H groups in total. The molecule has 1 aromatic carbocycles. The number of carbonyl (C=O) groups excluding carboxylic acids is 1. The van der Waals surface area contributed by atoms with Crippen LogP contribution >= 0.6 is 0 Å². The number of methoxy groups -OCH3 is 1. The van der Waals surface area contributed by atoms with Crippen LogP contribution in [0, 0.1) is 0 Å². The van der Waals surface area contributed by atoms with Gasteiger partial charge in [0.05, 0.1) is 13.3 Å². The van der Waals surface area contributed by atoms with Gasteiger partial charge in [0, 0.05) is 7.05 Å². The summed E-state index contributed by atoms with van der Waals surface area (Å²) >= 11 is 0. The molecule has 0 bridgehead atoms. The number of fused-ring (bicyclic) bond motifs is 1. The highest BCUT2D eigenvalue weighted by Gasteiger charge is 2.15. The van der Waals surface area contributed by atoms with Crippen LogP contribution in [0.4, 0.5) is 0 Å². The first-order valence-corrected chi connectivity index (χ1v) is 6.18. The summed E-state index contributed by atoms with van der Waals surface area (Å²) < 4.78 is 12.1. The molecule has 0 amide bonds. The van der Waals surface area contributed by atoms with Crippen LogP contribution in [0.15, 0.2) is 36.8 Å². The van der Waals surface area contributed by atoms with Crippen molar-refractivity contribution in [1.29, 1.82) is 0 Å². The molecule has 0 aliphatic carbocycles. The number of hydrogen-bond acceptors (Lipinski definition) is 6. The van der Waals surface area contributed by atoms with E-state index in [2.05, 4.69) is 15.1 Å². The predicted molar refractivity (Wildman–Crippen MR) is 74.2 cm³/mol. The van der Waals surface area contributed by atoms with Gasteiger partial charge in [-0.1, -0.05) is 12.1 Å². The zero-order valence-corrected chi connectivity index (χ0v) is 11.5. The van der Waals surface area contributed by atoms with Gasteiger partial charge in [-0.3, -0.25) is 4.68 Å². The van der Waals surface area contributed by atoms with Crippen LogP contribution in [0.2, 0.25) is 0 Å². The third-order valence-corrected chi connectivity index (χ3v) is 2.99. The van der Waals surface area contributed by atoms with Crippen molar-refractivity contribution in [2.24, 2.45) is 7.05 Å². The van der Waals surface area contributed by atoms with E-state index >= 15 is 0 Å². The maximum absolute atomic E-state index is 11.7. The minimum absolute atomic E-state index is 0.329. The fraction of sp³-hybridized carbons (Fsp3) is 0.143. The Morgan fingerprint density at radius 1 is 1.24 bits per heavy atom. The topological polar surface area (TPSA) is 79.1 Å². The van der Waals surface area contributed by atoms with Crippen LogP contribution in [0.1, 0.15) is 10.4 Å². The summed E-state index contributed by atoms with van der Waals surface area (Å²) in [6.45, 7) is 0. The second-order valence-corrected chi connectivity index (χ2v) is 4.27. The zero-order chi connectivity index (χ0) is 14.8. The summed E-state index contributed by atoms with van der Waals surface area (Å²) in [6, 6.07) is 6.81. The van der Waals surface area contributed by atoms with Crippen molar-refractivity contribution in [2.75, 3.05) is 7.11 Å². The second-order valence-electron chi connectivity index (χ2n) is 4.27. The largest absolute Gasteiger partial charge is 0.465 e. The first-order valence-electron chi connectivity index (χ1n) is 6.18. The van der Waals surface area contributed by atoms with Gasteiger partial charge < -0.3 is 9.47 Å². The molecule has 2 heterocycles. The van der Waals surface area contributed by atoms with Crippen LogP contribution in [0.3, 0.4) is 0 Å². The first kappa shape index (κ1) is 13.0. The van der Waals surface area contributed by atoms with Crippen molar-refractivity contribution in [3.05, 3.63) is 42.4 Å². The summed E-state index contributed by atoms with van der Waals surface area (Å²) in [7, 11) is 3.10. The van der Waals surface area contributed by atoms with E-state index in [1.165, 1.54) is 13.4 Å². The highest BCUT2D eigenvalue weighted by atomic mass is 16.5. The molecule has 21 heavy (non-hydrogen) atoms. The number of esters is 1. The molecule has 0 saturated carbocycles. The number of aromatic nitrogens is 4. The Kier molecular flexibility index (Phi) is 3.23. The number of hydrogen-bond donors (Lipinski definition) is 0. The molecule has 0 aliphatic heterocycles. The summed E-state index contributed by atoms with van der Waals surface area (Å²) in [4.78, 5) is 20.0. The van der Waals surface area contributed by atoms with Gasteiger partial charge in [-0.2, -0.15) is 5.10 Å². The molecule has 7 nitrogen and oxygen atoms in total. The number of nitrogens with zero attached hydrogens (tertiary/aromatic N) is 4. The number of para-hydroxylation sites is 1. The lowest BCUT2D eigenvalue weighted by atomic mass is 10.2. The zero-order valence-electron chi connectivity index (χ0n) is 11.5. The fourth-order valence-electron chi connectivity index (χ4n) is 1.96. The Balaban J connectivity index is 2.05. The normalized spacial score (nSPS) is 10.6. The monoisotopic (exact) mass is 284 g/mol. The van der Waals surface area contributed by atoms with Gasteiger partial charge in [0.2, 0.25) is 5.88 Å². The third-order valence-electron chi connectivity index (χ3n) is 2.99. The highest BCUT2D eigenvalue weighted by molar-refractivity contribution is 5.92. The van der Waals surface area contributed by atoms with E-state index in [1.807, 2.05) is 0 Å². The van der Waals surface area contributed by atoms with E-state index in [1.54, 1.807) is 42.2 Å². The maximum atomic E-state index is 11.7. The van der Waals surface area contributed by atoms with Crippen molar-refractivity contribution in [3.63, 3.8) is 0 Å². The highest BCUT2D eigenvalue weighted by Crippen LogP contribution is 2.28. The molecular weight excluding hydrogens is 272 g/mol. The Bertz CT molecular complexity index is 813. The van der Waals surface area contributed by atoms with Crippen LogP contribution in [-0.4, -0.2) is 32.8 Å². The molecule has 0 saturated heterocycles. The van der Waals surface area contributed by atoms with E-state index < -0.39 is 5.97 Å². The molecular formula is C14H12N4O3. The summed E-state index contributed by atoms with van der Waals surface area (Å²) in [5, 5.41) is 4.78. The Morgan fingerprint density at radius 2 is 2.05 bits per heavy atom. The molecule has 0 atom stereocenters. The van der Waals surface area contributed by atoms with Crippen LogP contribution in [-0.2, 0) is 11.8 Å². The van der Waals surface area contributed by atoms with Crippen molar-refractivity contribution >= 4 is 17.0 Å². The minimum atomic E-state index is -0.470. The Morgan fingerprint density at radius 3 is 2.86 bits per heavy atom. The van der Waals surface area contributed by atoms with Gasteiger partial charge in [-0.05, 0) is 12.1 Å². The van der Waals surface area contributed by atoms with E-state index in [0.29, 0.717) is 28.2 Å². The summed E-state index contributed by atoms with van der Waals surface area (Å²) in [5.74, 6) is 0.236. The predicted octanol–water partition coefficient (Wildman–Crippen LogP) is 1.94. The van der Waals surface area contributed by atoms with Crippen LogP contribution in [0.25, 0.3) is 11.0 Å². The molecule has 0 spiro atoms. The van der Waals surface area contributed by atoms with Gasteiger partial charge in [-0.25, -0.2) is 14.8 Å². The second kappa shape index (κ2) is 5.20. The van der Waals surface area contributed by atoms with E-state index in [4.69, 9.17) is 9.47 Å². The number of ether oxygens (including phenoxy) is 2. The van der Waals surface area contributed by atoms with Crippen LogP contribution in [0.5, 0.6) is 11.6 Å². The molecule has 2 aromatic heterocycles. The Labute approximate surface area is 120 Å². The maximum Gasteiger partial charge on any atom is 0.341 e. The quantitative estimate of drug-likeness (QED) is 0.684. The fourth-order valence-corrected chi connectivity index (χ4v) is 1.96. The summed E-state index contributed by atoms with van der Waals surface area (Å²) in [5.41, 5.74) is 0.978. The number of rotatable bonds is 3. The van der Waals surface area contributed by atoms with Gasteiger partial charge in [0.1, 0.15) is 23.0 Å². The number of carbonyl (C=O) groups is 1. The molecule has 3 rings (SSSR count). The van der Waals surface area contributed by atoms with Gasteiger partial charge in [-0.15, -0.1) is 0 Å². The third kappa shape index (κ3) is 2.29. The molecule has 0 unspecified atom stereocenters. The van der Waals surface area contributed by atoms with Gasteiger partial charge in [0.25, 0.3) is 0 Å². The molecule has 0 aliphatic rings. The summed E-state index contributed by atoms with van der Waals surface area (Å²) in [6.07, 6.45) is 3.01. The van der Waals surface area contributed by atoms with Crippen molar-refractivity contribution < 1.29 is 14.3 Å². The van der Waals surface area contributed by atoms with Gasteiger partial charge >= 0.3 is 5.97 Å². The standard InChI is InChI=1S/C14H12N4O3/c1-18-12-10(7-17-18)13(16-8-15-12)21-11-6-4-3-5-9(11)14(19)20-2/h3-8H,1-2H3. The van der Waals surface area contributed by atoms with Crippen molar-refractivity contribution in [1.82, 2.24) is 19.7 Å². The van der Waals surface area contributed by atoms with E-state index in [0.717, 1.165) is 0 Å². The van der Waals surface area contributed by atoms with Crippen molar-refractivity contribution in [2.45, 2.75) is 0 Å². The van der Waals surface area contributed by atoms with Crippen LogP contribution < -0.4 is 4.74 Å². The minimum Gasteiger partial charge on any atom is -0.465 e. The smallest absolute Gasteiger partial charge is 0.341 e. The molecule has 106 valence electrons. The average Bonchev–Trinajstić information content (AvgIpc) is 2.90. The number of benzene rings is 1. The van der Waals surface area contributed by atoms with E-state index in [-0.39, 0.29) is 0 Å². The molecule has 3 aromatic rings. The van der Waals surface area contributed by atoms with E-state index in [9.17, 15) is 4.79 Å². The number of aryl methyl sites for hydroxylation is 1.